The Morgan fingerprint density at radius 3 is 3.21 bits per heavy atom. The first-order chi connectivity index (χ1) is 9.33. The highest BCUT2D eigenvalue weighted by Gasteiger charge is 2.13. The number of fused-ring (bicyclic) bond motifs is 1. The van der Waals surface area contributed by atoms with Crippen LogP contribution in [-0.2, 0) is 0 Å². The Morgan fingerprint density at radius 1 is 1.42 bits per heavy atom. The first-order valence-electron chi connectivity index (χ1n) is 6.68. The van der Waals surface area contributed by atoms with Gasteiger partial charge in [-0.3, -0.25) is 9.97 Å². The third kappa shape index (κ3) is 3.04. The topological polar surface area (TPSA) is 49.8 Å². The predicted octanol–water partition coefficient (Wildman–Crippen LogP) is 2.80. The summed E-state index contributed by atoms with van der Waals surface area (Å²) in [7, 11) is 0. The van der Waals surface area contributed by atoms with Crippen LogP contribution in [0.4, 0.5) is 5.69 Å². The van der Waals surface area contributed by atoms with Gasteiger partial charge in [0.1, 0.15) is 5.52 Å². The molecule has 1 unspecified atom stereocenters. The maximum Gasteiger partial charge on any atom is 0.112 e. The fraction of sp³-hybridized carbons (Fsp3) is 0.429. The standard InChI is InChI=1S/C14H17BrN4/c15-11-7-13-14(19-9-11)12(3-6-18-13)17-5-2-10-1-4-16-8-10/h3,6-7,9-10,16H,1-2,4-5,8H2,(H,17,18). The SMILES string of the molecule is Brc1cnc2c(NCCC3CCNC3)ccnc2c1. The van der Waals surface area contributed by atoms with E-state index in [2.05, 4.69) is 36.5 Å². The molecule has 100 valence electrons. The molecule has 1 fully saturated rings. The van der Waals surface area contributed by atoms with E-state index in [0.717, 1.165) is 40.2 Å². The molecule has 3 heterocycles. The van der Waals surface area contributed by atoms with Crippen LogP contribution in [0.3, 0.4) is 0 Å². The van der Waals surface area contributed by atoms with Crippen molar-refractivity contribution < 1.29 is 0 Å². The van der Waals surface area contributed by atoms with Crippen molar-refractivity contribution in [2.45, 2.75) is 12.8 Å². The van der Waals surface area contributed by atoms with Gasteiger partial charge in [-0.15, -0.1) is 0 Å². The fourth-order valence-corrected chi connectivity index (χ4v) is 2.84. The molecule has 2 aromatic heterocycles. The van der Waals surface area contributed by atoms with E-state index in [1.807, 2.05) is 24.5 Å². The highest BCUT2D eigenvalue weighted by Crippen LogP contribution is 2.22. The molecule has 0 aromatic carbocycles. The average molecular weight is 321 g/mol. The average Bonchev–Trinajstić information content (AvgIpc) is 2.92. The largest absolute Gasteiger partial charge is 0.383 e. The minimum absolute atomic E-state index is 0.808. The molecule has 0 aliphatic carbocycles. The van der Waals surface area contributed by atoms with Gasteiger partial charge in [-0.2, -0.15) is 0 Å². The van der Waals surface area contributed by atoms with Gasteiger partial charge in [0, 0.05) is 23.4 Å². The zero-order chi connectivity index (χ0) is 13.1. The molecule has 3 rings (SSSR count). The van der Waals surface area contributed by atoms with E-state index in [4.69, 9.17) is 0 Å². The lowest BCUT2D eigenvalue weighted by Crippen LogP contribution is -2.13. The van der Waals surface area contributed by atoms with E-state index in [1.54, 1.807) is 0 Å². The highest BCUT2D eigenvalue weighted by atomic mass is 79.9. The van der Waals surface area contributed by atoms with E-state index in [1.165, 1.54) is 19.4 Å². The van der Waals surface area contributed by atoms with Crippen molar-refractivity contribution in [3.8, 4) is 0 Å². The van der Waals surface area contributed by atoms with Crippen LogP contribution >= 0.6 is 15.9 Å². The quantitative estimate of drug-likeness (QED) is 0.909. The number of rotatable bonds is 4. The number of aromatic nitrogens is 2. The second-order valence-electron chi connectivity index (χ2n) is 4.95. The number of anilines is 1. The summed E-state index contributed by atoms with van der Waals surface area (Å²) < 4.78 is 0.960. The number of hydrogen-bond donors (Lipinski definition) is 2. The second-order valence-corrected chi connectivity index (χ2v) is 5.87. The van der Waals surface area contributed by atoms with Crippen LogP contribution in [0.25, 0.3) is 11.0 Å². The molecule has 2 aromatic rings. The van der Waals surface area contributed by atoms with Gasteiger partial charge >= 0.3 is 0 Å². The van der Waals surface area contributed by atoms with Crippen molar-refractivity contribution in [2.75, 3.05) is 25.0 Å². The first-order valence-corrected chi connectivity index (χ1v) is 7.47. The molecule has 0 bridgehead atoms. The van der Waals surface area contributed by atoms with E-state index >= 15 is 0 Å². The van der Waals surface area contributed by atoms with Gasteiger partial charge in [0.25, 0.3) is 0 Å². The molecule has 1 atom stereocenters. The van der Waals surface area contributed by atoms with E-state index < -0.39 is 0 Å². The summed E-state index contributed by atoms with van der Waals surface area (Å²) in [5.41, 5.74) is 2.93. The summed E-state index contributed by atoms with van der Waals surface area (Å²) in [6.45, 7) is 3.31. The van der Waals surface area contributed by atoms with Crippen molar-refractivity contribution in [3.63, 3.8) is 0 Å². The molecule has 4 nitrogen and oxygen atoms in total. The van der Waals surface area contributed by atoms with Crippen molar-refractivity contribution in [3.05, 3.63) is 29.0 Å². The summed E-state index contributed by atoms with van der Waals surface area (Å²) in [6.07, 6.45) is 6.14. The van der Waals surface area contributed by atoms with Crippen molar-refractivity contribution in [1.82, 2.24) is 15.3 Å². The zero-order valence-electron chi connectivity index (χ0n) is 10.7. The zero-order valence-corrected chi connectivity index (χ0v) is 12.3. The predicted molar refractivity (Wildman–Crippen MR) is 81.3 cm³/mol. The molecule has 2 N–H and O–H groups in total. The van der Waals surface area contributed by atoms with Crippen LogP contribution < -0.4 is 10.6 Å². The van der Waals surface area contributed by atoms with Crippen LogP contribution in [0.1, 0.15) is 12.8 Å². The number of nitrogens with one attached hydrogen (secondary N) is 2. The van der Waals surface area contributed by atoms with Crippen LogP contribution in [0.15, 0.2) is 29.0 Å². The molecule has 5 heteroatoms. The number of pyridine rings is 2. The first kappa shape index (κ1) is 12.8. The Hall–Kier alpha value is -1.20. The van der Waals surface area contributed by atoms with Crippen LogP contribution in [0.5, 0.6) is 0 Å². The van der Waals surface area contributed by atoms with Gasteiger partial charge in [-0.1, -0.05) is 0 Å². The fourth-order valence-electron chi connectivity index (χ4n) is 2.52. The van der Waals surface area contributed by atoms with Crippen molar-refractivity contribution in [1.29, 1.82) is 0 Å². The second kappa shape index (κ2) is 5.84. The third-order valence-electron chi connectivity index (χ3n) is 3.57. The molecule has 1 saturated heterocycles. The van der Waals surface area contributed by atoms with Gasteiger partial charge in [0.15, 0.2) is 0 Å². The Balaban J connectivity index is 1.70. The lowest BCUT2D eigenvalue weighted by molar-refractivity contribution is 0.549. The summed E-state index contributed by atoms with van der Waals surface area (Å²) in [4.78, 5) is 8.79. The maximum absolute atomic E-state index is 4.45. The lowest BCUT2D eigenvalue weighted by Gasteiger charge is -2.11. The van der Waals surface area contributed by atoms with Gasteiger partial charge in [0.05, 0.1) is 11.2 Å². The Morgan fingerprint density at radius 2 is 2.37 bits per heavy atom. The Labute approximate surface area is 121 Å². The van der Waals surface area contributed by atoms with Gasteiger partial charge in [-0.05, 0) is 59.9 Å². The molecular formula is C14H17BrN4. The maximum atomic E-state index is 4.45. The molecule has 1 aliphatic heterocycles. The van der Waals surface area contributed by atoms with Crippen LogP contribution in [0, 0.1) is 5.92 Å². The monoisotopic (exact) mass is 320 g/mol. The third-order valence-corrected chi connectivity index (χ3v) is 4.01. The van der Waals surface area contributed by atoms with Gasteiger partial charge in [-0.25, -0.2) is 0 Å². The highest BCUT2D eigenvalue weighted by molar-refractivity contribution is 9.10. The summed E-state index contributed by atoms with van der Waals surface area (Å²) >= 11 is 3.42. The van der Waals surface area contributed by atoms with Gasteiger partial charge in [0.2, 0.25) is 0 Å². The molecule has 19 heavy (non-hydrogen) atoms. The minimum Gasteiger partial charge on any atom is -0.383 e. The molecule has 0 saturated carbocycles. The molecule has 1 aliphatic rings. The molecule has 0 radical (unpaired) electrons. The Kier molecular flexibility index (Phi) is 3.94. The van der Waals surface area contributed by atoms with Crippen LogP contribution in [0.2, 0.25) is 0 Å². The van der Waals surface area contributed by atoms with Gasteiger partial charge < -0.3 is 10.6 Å². The van der Waals surface area contributed by atoms with E-state index in [-0.39, 0.29) is 0 Å². The Bertz CT molecular complexity index is 566. The number of nitrogens with zero attached hydrogens (tertiary/aromatic N) is 2. The molecule has 0 spiro atoms. The summed E-state index contributed by atoms with van der Waals surface area (Å²) in [5.74, 6) is 0.808. The van der Waals surface area contributed by atoms with E-state index in [9.17, 15) is 0 Å². The van der Waals surface area contributed by atoms with E-state index in [0.29, 0.717) is 0 Å². The summed E-state index contributed by atoms with van der Waals surface area (Å²) in [5, 5.41) is 6.89. The number of halogens is 1. The molecule has 0 amide bonds. The van der Waals surface area contributed by atoms with Crippen LogP contribution in [-0.4, -0.2) is 29.6 Å². The molecular weight excluding hydrogens is 304 g/mol. The van der Waals surface area contributed by atoms with Crippen molar-refractivity contribution in [2.24, 2.45) is 5.92 Å². The summed E-state index contributed by atoms with van der Waals surface area (Å²) in [6, 6.07) is 3.99. The van der Waals surface area contributed by atoms with Crippen molar-refractivity contribution >= 4 is 32.7 Å². The minimum atomic E-state index is 0.808. The smallest absolute Gasteiger partial charge is 0.112 e. The number of hydrogen-bond acceptors (Lipinski definition) is 4. The lowest BCUT2D eigenvalue weighted by atomic mass is 10.1. The normalized spacial score (nSPS) is 18.9.